The highest BCUT2D eigenvalue weighted by Crippen LogP contribution is 2.14. The van der Waals surface area contributed by atoms with Gasteiger partial charge in [0.25, 0.3) is 0 Å². The maximum absolute atomic E-state index is 12.1. The lowest BCUT2D eigenvalue weighted by atomic mass is 10.0. The third-order valence-corrected chi connectivity index (χ3v) is 5.74. The van der Waals surface area contributed by atoms with E-state index in [9.17, 15) is 9.90 Å². The standard InChI is InChI=1S/C25H51NO3/c1-3-5-6-7-8-9-10-11-12-13-14-15-16-17-18-19-21-26(22-24(28)23-27)25(29)20-4-2/h24,27-28H,3-23H2,1-2H3. The molecule has 0 bridgehead atoms. The van der Waals surface area contributed by atoms with Crippen LogP contribution in [0.5, 0.6) is 0 Å². The second-order valence-corrected chi connectivity index (χ2v) is 8.73. The summed E-state index contributed by atoms with van der Waals surface area (Å²) in [5, 5.41) is 18.7. The molecule has 1 unspecified atom stereocenters. The number of aliphatic hydroxyl groups excluding tert-OH is 2. The van der Waals surface area contributed by atoms with Gasteiger partial charge in [-0.15, -0.1) is 0 Å². The highest BCUT2D eigenvalue weighted by molar-refractivity contribution is 5.76. The van der Waals surface area contributed by atoms with Crippen LogP contribution < -0.4 is 0 Å². The zero-order chi connectivity index (χ0) is 21.6. The van der Waals surface area contributed by atoms with Crippen molar-refractivity contribution in [2.24, 2.45) is 0 Å². The Balaban J connectivity index is 3.48. The minimum atomic E-state index is -0.822. The minimum absolute atomic E-state index is 0.0981. The Hall–Kier alpha value is -0.610. The van der Waals surface area contributed by atoms with E-state index in [0.29, 0.717) is 13.0 Å². The second-order valence-electron chi connectivity index (χ2n) is 8.73. The van der Waals surface area contributed by atoms with Gasteiger partial charge in [-0.25, -0.2) is 0 Å². The van der Waals surface area contributed by atoms with Crippen molar-refractivity contribution >= 4 is 5.91 Å². The molecule has 4 heteroatoms. The summed E-state index contributed by atoms with van der Waals surface area (Å²) in [5.74, 6) is 0.0981. The Morgan fingerprint density at radius 3 is 1.48 bits per heavy atom. The average Bonchev–Trinajstić information content (AvgIpc) is 2.72. The molecule has 0 rings (SSSR count). The molecule has 4 nitrogen and oxygen atoms in total. The summed E-state index contributed by atoms with van der Waals surface area (Å²) in [7, 11) is 0. The molecule has 1 amide bonds. The first-order chi connectivity index (χ1) is 14.2. The number of aliphatic hydroxyl groups is 2. The molecular weight excluding hydrogens is 362 g/mol. The summed E-state index contributed by atoms with van der Waals surface area (Å²) in [6.07, 6.45) is 21.9. The van der Waals surface area contributed by atoms with Crippen molar-refractivity contribution in [2.75, 3.05) is 19.7 Å². The fourth-order valence-corrected chi connectivity index (χ4v) is 3.85. The molecule has 0 saturated heterocycles. The molecule has 0 aliphatic rings. The topological polar surface area (TPSA) is 60.8 Å². The van der Waals surface area contributed by atoms with Crippen LogP contribution in [0, 0.1) is 0 Å². The Morgan fingerprint density at radius 2 is 1.10 bits per heavy atom. The average molecular weight is 414 g/mol. The molecule has 1 atom stereocenters. The summed E-state index contributed by atoms with van der Waals surface area (Å²) in [5.41, 5.74) is 0. The fraction of sp³-hybridized carbons (Fsp3) is 0.960. The van der Waals surface area contributed by atoms with Gasteiger partial charge in [-0.05, 0) is 12.8 Å². The normalized spacial score (nSPS) is 12.3. The number of nitrogens with zero attached hydrogens (tertiary/aromatic N) is 1. The largest absolute Gasteiger partial charge is 0.394 e. The number of carbonyl (C=O) groups is 1. The predicted octanol–water partition coefficient (Wildman–Crippen LogP) is 6.23. The first kappa shape index (κ1) is 28.4. The van der Waals surface area contributed by atoms with E-state index in [0.717, 1.165) is 19.3 Å². The third-order valence-electron chi connectivity index (χ3n) is 5.74. The molecular formula is C25H51NO3. The maximum Gasteiger partial charge on any atom is 0.222 e. The molecule has 0 heterocycles. The van der Waals surface area contributed by atoms with Gasteiger partial charge in [-0.3, -0.25) is 4.79 Å². The summed E-state index contributed by atoms with van der Waals surface area (Å²) >= 11 is 0. The smallest absolute Gasteiger partial charge is 0.222 e. The van der Waals surface area contributed by atoms with E-state index in [4.69, 9.17) is 5.11 Å². The molecule has 174 valence electrons. The number of amides is 1. The third kappa shape index (κ3) is 19.1. The summed E-state index contributed by atoms with van der Waals surface area (Å²) in [6.45, 7) is 4.95. The first-order valence-electron chi connectivity index (χ1n) is 12.7. The van der Waals surface area contributed by atoms with E-state index < -0.39 is 6.10 Å². The van der Waals surface area contributed by atoms with E-state index in [2.05, 4.69) is 6.92 Å². The van der Waals surface area contributed by atoms with Gasteiger partial charge in [0.05, 0.1) is 12.7 Å². The Labute approximate surface area is 181 Å². The number of unbranched alkanes of at least 4 members (excludes halogenated alkanes) is 15. The van der Waals surface area contributed by atoms with E-state index >= 15 is 0 Å². The molecule has 0 aliphatic heterocycles. The van der Waals surface area contributed by atoms with Crippen LogP contribution >= 0.6 is 0 Å². The van der Waals surface area contributed by atoms with Crippen molar-refractivity contribution < 1.29 is 15.0 Å². The molecule has 2 N–H and O–H groups in total. The second kappa shape index (κ2) is 22.1. The van der Waals surface area contributed by atoms with Crippen LogP contribution in [-0.4, -0.2) is 46.8 Å². The summed E-state index contributed by atoms with van der Waals surface area (Å²) < 4.78 is 0. The molecule has 0 aromatic carbocycles. The van der Waals surface area contributed by atoms with Gasteiger partial charge in [0, 0.05) is 19.5 Å². The lowest BCUT2D eigenvalue weighted by Crippen LogP contribution is -2.39. The zero-order valence-corrected chi connectivity index (χ0v) is 19.7. The molecule has 0 aromatic rings. The molecule has 29 heavy (non-hydrogen) atoms. The monoisotopic (exact) mass is 413 g/mol. The van der Waals surface area contributed by atoms with Gasteiger partial charge in [0.15, 0.2) is 0 Å². The first-order valence-corrected chi connectivity index (χ1v) is 12.7. The highest BCUT2D eigenvalue weighted by Gasteiger charge is 2.15. The van der Waals surface area contributed by atoms with Crippen molar-refractivity contribution in [2.45, 2.75) is 136 Å². The van der Waals surface area contributed by atoms with Crippen molar-refractivity contribution in [3.8, 4) is 0 Å². The van der Waals surface area contributed by atoms with E-state index in [-0.39, 0.29) is 19.1 Å². The molecule has 0 aromatic heterocycles. The number of hydrogen-bond acceptors (Lipinski definition) is 3. The fourth-order valence-electron chi connectivity index (χ4n) is 3.85. The van der Waals surface area contributed by atoms with E-state index in [1.54, 1.807) is 4.90 Å². The van der Waals surface area contributed by atoms with Crippen LogP contribution in [0.3, 0.4) is 0 Å². The SMILES string of the molecule is CCCCCCCCCCCCCCCCCCN(CC(O)CO)C(=O)CCC. The number of hydrogen-bond donors (Lipinski definition) is 2. The van der Waals surface area contributed by atoms with Gasteiger partial charge in [-0.1, -0.05) is 110 Å². The lowest BCUT2D eigenvalue weighted by Gasteiger charge is -2.24. The van der Waals surface area contributed by atoms with E-state index in [1.165, 1.54) is 89.9 Å². The van der Waals surface area contributed by atoms with Gasteiger partial charge < -0.3 is 15.1 Å². The minimum Gasteiger partial charge on any atom is -0.394 e. The van der Waals surface area contributed by atoms with Gasteiger partial charge in [0.2, 0.25) is 5.91 Å². The summed E-state index contributed by atoms with van der Waals surface area (Å²) in [4.78, 5) is 13.8. The van der Waals surface area contributed by atoms with Crippen molar-refractivity contribution in [1.29, 1.82) is 0 Å². The zero-order valence-electron chi connectivity index (χ0n) is 19.7. The van der Waals surface area contributed by atoms with Crippen LogP contribution in [0.2, 0.25) is 0 Å². The molecule has 0 saturated carbocycles. The van der Waals surface area contributed by atoms with Crippen molar-refractivity contribution in [1.82, 2.24) is 4.90 Å². The van der Waals surface area contributed by atoms with Crippen LogP contribution in [-0.2, 0) is 4.79 Å². The Kier molecular flexibility index (Phi) is 21.6. The van der Waals surface area contributed by atoms with Crippen molar-refractivity contribution in [3.63, 3.8) is 0 Å². The van der Waals surface area contributed by atoms with E-state index in [1.807, 2.05) is 6.92 Å². The van der Waals surface area contributed by atoms with Crippen LogP contribution in [0.15, 0.2) is 0 Å². The van der Waals surface area contributed by atoms with Crippen LogP contribution in [0.25, 0.3) is 0 Å². The van der Waals surface area contributed by atoms with Gasteiger partial charge >= 0.3 is 0 Å². The molecule has 0 fully saturated rings. The molecule has 0 radical (unpaired) electrons. The predicted molar refractivity (Wildman–Crippen MR) is 124 cm³/mol. The summed E-state index contributed by atoms with van der Waals surface area (Å²) in [6, 6.07) is 0. The lowest BCUT2D eigenvalue weighted by molar-refractivity contribution is -0.133. The number of carbonyl (C=O) groups excluding carboxylic acids is 1. The number of rotatable bonds is 22. The maximum atomic E-state index is 12.1. The molecule has 0 aliphatic carbocycles. The quantitative estimate of drug-likeness (QED) is 0.207. The van der Waals surface area contributed by atoms with Crippen LogP contribution in [0.4, 0.5) is 0 Å². The Morgan fingerprint density at radius 1 is 0.690 bits per heavy atom. The van der Waals surface area contributed by atoms with Crippen LogP contribution in [0.1, 0.15) is 129 Å². The highest BCUT2D eigenvalue weighted by atomic mass is 16.3. The van der Waals surface area contributed by atoms with Gasteiger partial charge in [0.1, 0.15) is 0 Å². The van der Waals surface area contributed by atoms with Crippen molar-refractivity contribution in [3.05, 3.63) is 0 Å². The Bertz CT molecular complexity index is 349. The van der Waals surface area contributed by atoms with Gasteiger partial charge in [-0.2, -0.15) is 0 Å². The molecule has 0 spiro atoms.